The number of carbonyl (C=O) groups is 1. The quantitative estimate of drug-likeness (QED) is 0.923. The predicted octanol–water partition coefficient (Wildman–Crippen LogP) is 3.33. The van der Waals surface area contributed by atoms with Gasteiger partial charge in [0.2, 0.25) is 0 Å². The van der Waals surface area contributed by atoms with Crippen LogP contribution >= 0.6 is 0 Å². The summed E-state index contributed by atoms with van der Waals surface area (Å²) in [5.74, 6) is -0.110. The Morgan fingerprint density at radius 1 is 1.00 bits per heavy atom. The van der Waals surface area contributed by atoms with Crippen molar-refractivity contribution < 1.29 is 9.90 Å². The van der Waals surface area contributed by atoms with Crippen LogP contribution in [0.1, 0.15) is 42.3 Å². The molecule has 0 fully saturated rings. The van der Waals surface area contributed by atoms with Gasteiger partial charge in [0.15, 0.2) is 5.72 Å². The molecule has 114 valence electrons. The van der Waals surface area contributed by atoms with Crippen molar-refractivity contribution in [2.45, 2.75) is 38.5 Å². The molecule has 3 rings (SSSR count). The van der Waals surface area contributed by atoms with E-state index in [1.54, 1.807) is 11.0 Å². The van der Waals surface area contributed by atoms with Crippen molar-refractivity contribution in [2.24, 2.45) is 0 Å². The molecule has 2 aromatic carbocycles. The zero-order valence-electron chi connectivity index (χ0n) is 13.2. The van der Waals surface area contributed by atoms with E-state index in [1.807, 2.05) is 69.3 Å². The van der Waals surface area contributed by atoms with Gasteiger partial charge < -0.3 is 10.0 Å². The van der Waals surface area contributed by atoms with Crippen molar-refractivity contribution >= 4 is 5.91 Å². The number of benzene rings is 2. The molecule has 1 atom stereocenters. The minimum Gasteiger partial charge on any atom is -0.366 e. The summed E-state index contributed by atoms with van der Waals surface area (Å²) >= 11 is 0. The number of hydrogen-bond donors (Lipinski definition) is 1. The van der Waals surface area contributed by atoms with Crippen molar-refractivity contribution in [3.8, 4) is 0 Å². The first kappa shape index (κ1) is 14.8. The lowest BCUT2D eigenvalue weighted by Gasteiger charge is -2.43. The van der Waals surface area contributed by atoms with Crippen LogP contribution < -0.4 is 0 Å². The second-order valence-corrected chi connectivity index (χ2v) is 6.84. The highest BCUT2D eigenvalue weighted by Crippen LogP contribution is 2.43. The SMILES string of the molecule is CC(C)(C)N1C(=O)c2ccccc2C1(O)Cc1ccccc1. The Morgan fingerprint density at radius 2 is 1.59 bits per heavy atom. The number of rotatable bonds is 2. The van der Waals surface area contributed by atoms with Crippen molar-refractivity contribution in [1.29, 1.82) is 0 Å². The second-order valence-electron chi connectivity index (χ2n) is 6.84. The third kappa shape index (κ3) is 2.22. The molecule has 3 nitrogen and oxygen atoms in total. The number of carbonyl (C=O) groups excluding carboxylic acids is 1. The van der Waals surface area contributed by atoms with Crippen molar-refractivity contribution in [1.82, 2.24) is 4.90 Å². The standard InChI is InChI=1S/C19H21NO2/c1-18(2,3)20-17(21)15-11-7-8-12-16(15)19(20,22)13-14-9-5-4-6-10-14/h4-12,22H,13H2,1-3H3. The van der Waals surface area contributed by atoms with Gasteiger partial charge in [0.1, 0.15) is 0 Å². The molecule has 1 amide bonds. The molecule has 1 heterocycles. The first-order valence-electron chi connectivity index (χ1n) is 7.54. The van der Waals surface area contributed by atoms with Crippen LogP contribution in [-0.2, 0) is 12.1 Å². The largest absolute Gasteiger partial charge is 0.366 e. The molecule has 3 heteroatoms. The van der Waals surface area contributed by atoms with Crippen LogP contribution in [0.5, 0.6) is 0 Å². The molecule has 0 aromatic heterocycles. The lowest BCUT2D eigenvalue weighted by molar-refractivity contribution is -0.118. The van der Waals surface area contributed by atoms with Crippen LogP contribution in [0, 0.1) is 0 Å². The highest BCUT2D eigenvalue weighted by Gasteiger charge is 2.52. The van der Waals surface area contributed by atoms with Gasteiger partial charge in [0.25, 0.3) is 5.91 Å². The molecule has 22 heavy (non-hydrogen) atoms. The van der Waals surface area contributed by atoms with Gasteiger partial charge in [-0.25, -0.2) is 0 Å². The number of fused-ring (bicyclic) bond motifs is 1. The fourth-order valence-electron chi connectivity index (χ4n) is 3.34. The van der Waals surface area contributed by atoms with Gasteiger partial charge in [-0.3, -0.25) is 4.79 Å². The zero-order chi connectivity index (χ0) is 16.0. The molecule has 1 unspecified atom stereocenters. The summed E-state index contributed by atoms with van der Waals surface area (Å²) in [6.45, 7) is 5.85. The van der Waals surface area contributed by atoms with Gasteiger partial charge in [-0.1, -0.05) is 48.5 Å². The van der Waals surface area contributed by atoms with E-state index < -0.39 is 11.3 Å². The molecule has 0 saturated carbocycles. The second kappa shape index (κ2) is 4.96. The molecule has 0 saturated heterocycles. The highest BCUT2D eigenvalue weighted by molar-refractivity contribution is 6.00. The molecular weight excluding hydrogens is 274 g/mol. The molecular formula is C19H21NO2. The summed E-state index contributed by atoms with van der Waals surface area (Å²) in [7, 11) is 0. The normalized spacial score (nSPS) is 21.1. The Hall–Kier alpha value is -2.13. The number of nitrogens with zero attached hydrogens (tertiary/aromatic N) is 1. The summed E-state index contributed by atoms with van der Waals surface area (Å²) in [5.41, 5.74) is 0.505. The molecule has 1 aliphatic heterocycles. The predicted molar refractivity (Wildman–Crippen MR) is 86.4 cm³/mol. The van der Waals surface area contributed by atoms with Crippen LogP contribution in [0.15, 0.2) is 54.6 Å². The van der Waals surface area contributed by atoms with Crippen LogP contribution in [0.3, 0.4) is 0 Å². The van der Waals surface area contributed by atoms with E-state index >= 15 is 0 Å². The summed E-state index contributed by atoms with van der Waals surface area (Å²) in [5, 5.41) is 11.5. The third-order valence-electron chi connectivity index (χ3n) is 4.13. The Morgan fingerprint density at radius 3 is 2.23 bits per heavy atom. The monoisotopic (exact) mass is 295 g/mol. The fourth-order valence-corrected chi connectivity index (χ4v) is 3.34. The Kier molecular flexibility index (Phi) is 3.33. The topological polar surface area (TPSA) is 40.5 Å². The minimum atomic E-state index is -1.31. The maximum atomic E-state index is 12.8. The Bertz CT molecular complexity index is 703. The fraction of sp³-hybridized carbons (Fsp3) is 0.316. The Labute approximate surface area is 131 Å². The molecule has 1 N–H and O–H groups in total. The number of hydrogen-bond acceptors (Lipinski definition) is 2. The maximum absolute atomic E-state index is 12.8. The third-order valence-corrected chi connectivity index (χ3v) is 4.13. The molecule has 0 radical (unpaired) electrons. The maximum Gasteiger partial charge on any atom is 0.257 e. The lowest BCUT2D eigenvalue weighted by atomic mass is 9.92. The molecule has 1 aliphatic rings. The van der Waals surface area contributed by atoms with E-state index in [9.17, 15) is 9.90 Å². The zero-order valence-corrected chi connectivity index (χ0v) is 13.2. The van der Waals surface area contributed by atoms with Gasteiger partial charge in [0.05, 0.1) is 0 Å². The van der Waals surface area contributed by atoms with E-state index in [2.05, 4.69) is 0 Å². The van der Waals surface area contributed by atoms with E-state index in [-0.39, 0.29) is 5.91 Å². The van der Waals surface area contributed by atoms with Gasteiger partial charge in [-0.05, 0) is 32.4 Å². The average Bonchev–Trinajstić information content (AvgIpc) is 2.68. The number of aliphatic hydroxyl groups is 1. The summed E-state index contributed by atoms with van der Waals surface area (Å²) in [6, 6.07) is 17.1. The highest BCUT2D eigenvalue weighted by atomic mass is 16.3. The molecule has 0 bridgehead atoms. The summed E-state index contributed by atoms with van der Waals surface area (Å²) in [4.78, 5) is 14.4. The van der Waals surface area contributed by atoms with Gasteiger partial charge in [-0.2, -0.15) is 0 Å². The molecule has 2 aromatic rings. The summed E-state index contributed by atoms with van der Waals surface area (Å²) in [6.07, 6.45) is 0.383. The molecule has 0 spiro atoms. The van der Waals surface area contributed by atoms with E-state index in [1.165, 1.54) is 0 Å². The van der Waals surface area contributed by atoms with E-state index in [0.717, 1.165) is 5.56 Å². The van der Waals surface area contributed by atoms with Gasteiger partial charge in [-0.15, -0.1) is 0 Å². The van der Waals surface area contributed by atoms with Crippen molar-refractivity contribution in [3.05, 3.63) is 71.3 Å². The van der Waals surface area contributed by atoms with Gasteiger partial charge >= 0.3 is 0 Å². The average molecular weight is 295 g/mol. The first-order valence-corrected chi connectivity index (χ1v) is 7.54. The number of amides is 1. The van der Waals surface area contributed by atoms with Gasteiger partial charge in [0, 0.05) is 23.1 Å². The van der Waals surface area contributed by atoms with Crippen LogP contribution in [-0.4, -0.2) is 21.5 Å². The first-order chi connectivity index (χ1) is 10.3. The van der Waals surface area contributed by atoms with Crippen LogP contribution in [0.4, 0.5) is 0 Å². The van der Waals surface area contributed by atoms with E-state index in [0.29, 0.717) is 17.5 Å². The van der Waals surface area contributed by atoms with Crippen molar-refractivity contribution in [2.75, 3.05) is 0 Å². The lowest BCUT2D eigenvalue weighted by Crippen LogP contribution is -2.54. The summed E-state index contributed by atoms with van der Waals surface area (Å²) < 4.78 is 0. The van der Waals surface area contributed by atoms with E-state index in [4.69, 9.17) is 0 Å². The Balaban J connectivity index is 2.14. The molecule has 0 aliphatic carbocycles. The van der Waals surface area contributed by atoms with Crippen molar-refractivity contribution in [3.63, 3.8) is 0 Å². The smallest absolute Gasteiger partial charge is 0.257 e. The van der Waals surface area contributed by atoms with Crippen LogP contribution in [0.25, 0.3) is 0 Å². The minimum absolute atomic E-state index is 0.110. The van der Waals surface area contributed by atoms with Crippen LogP contribution in [0.2, 0.25) is 0 Å².